The highest BCUT2D eigenvalue weighted by molar-refractivity contribution is 14.0. The molecular formula is C19H28F3IN4O2S. The zero-order chi connectivity index (χ0) is 21.1. The van der Waals surface area contributed by atoms with Crippen LogP contribution < -0.4 is 10.6 Å². The van der Waals surface area contributed by atoms with Crippen LogP contribution in [0.15, 0.2) is 29.3 Å². The molecule has 1 heterocycles. The third kappa shape index (κ3) is 5.78. The second-order valence-corrected chi connectivity index (χ2v) is 9.42. The van der Waals surface area contributed by atoms with Crippen LogP contribution in [0.3, 0.4) is 0 Å². The molecule has 11 heteroatoms. The van der Waals surface area contributed by atoms with Crippen LogP contribution in [0.25, 0.3) is 0 Å². The molecule has 0 spiro atoms. The van der Waals surface area contributed by atoms with Crippen LogP contribution >= 0.6 is 24.0 Å². The third-order valence-electron chi connectivity index (χ3n) is 5.53. The summed E-state index contributed by atoms with van der Waals surface area (Å²) < 4.78 is 61.5. The number of piperidine rings is 1. The summed E-state index contributed by atoms with van der Waals surface area (Å²) >= 11 is 0. The number of sulfonamides is 1. The number of fused-ring (bicyclic) bond motifs is 1. The largest absolute Gasteiger partial charge is 0.511 e. The molecule has 30 heavy (non-hydrogen) atoms. The lowest BCUT2D eigenvalue weighted by molar-refractivity contribution is -0.0496. The van der Waals surface area contributed by atoms with Gasteiger partial charge in [0.25, 0.3) is 0 Å². The number of hydrogen-bond acceptors (Lipinski definition) is 3. The number of halogens is 4. The fourth-order valence-electron chi connectivity index (χ4n) is 3.81. The maximum Gasteiger partial charge on any atom is 0.511 e. The molecule has 1 aliphatic carbocycles. The third-order valence-corrected chi connectivity index (χ3v) is 7.16. The molecule has 2 N–H and O–H groups in total. The summed E-state index contributed by atoms with van der Waals surface area (Å²) in [5, 5.41) is 6.53. The minimum Gasteiger partial charge on any atom is -0.357 e. The van der Waals surface area contributed by atoms with Crippen LogP contribution in [-0.2, 0) is 16.4 Å². The van der Waals surface area contributed by atoms with E-state index in [-0.39, 0.29) is 43.0 Å². The lowest BCUT2D eigenvalue weighted by Gasteiger charge is -2.31. The van der Waals surface area contributed by atoms with Gasteiger partial charge >= 0.3 is 15.5 Å². The molecular weight excluding hydrogens is 532 g/mol. The van der Waals surface area contributed by atoms with Crippen molar-refractivity contribution in [3.63, 3.8) is 0 Å². The Morgan fingerprint density at radius 2 is 1.87 bits per heavy atom. The average Bonchev–Trinajstić information content (AvgIpc) is 2.66. The van der Waals surface area contributed by atoms with Crippen molar-refractivity contribution >= 4 is 40.0 Å². The summed E-state index contributed by atoms with van der Waals surface area (Å²) in [7, 11) is -5.23. The van der Waals surface area contributed by atoms with Gasteiger partial charge in [-0.2, -0.15) is 17.5 Å². The van der Waals surface area contributed by atoms with Crippen LogP contribution in [0, 0.1) is 5.92 Å². The number of nitrogens with zero attached hydrogens (tertiary/aromatic N) is 2. The minimum atomic E-state index is -5.24. The Hall–Kier alpha value is -1.08. The molecule has 0 saturated carbocycles. The second-order valence-electron chi connectivity index (χ2n) is 7.49. The van der Waals surface area contributed by atoms with E-state index in [0.29, 0.717) is 42.1 Å². The van der Waals surface area contributed by atoms with Gasteiger partial charge in [0.15, 0.2) is 5.96 Å². The minimum absolute atomic E-state index is 0. The standard InChI is InChI=1S/C19H27F3N4O2S.HI/c1-2-23-18(25-13-16-11-15-5-3-4-6-17(15)16)24-12-14-7-9-26(10-8-14)29(27,28)19(20,21)22;/h3-6,14,16H,2,7-13H2,1H3,(H2,23,24,25);1H. The predicted molar refractivity (Wildman–Crippen MR) is 122 cm³/mol. The fraction of sp³-hybridized carbons (Fsp3) is 0.632. The molecule has 1 atom stereocenters. The van der Waals surface area contributed by atoms with Crippen LogP contribution in [0.4, 0.5) is 13.2 Å². The van der Waals surface area contributed by atoms with Gasteiger partial charge in [-0.25, -0.2) is 8.42 Å². The zero-order valence-electron chi connectivity index (χ0n) is 16.8. The van der Waals surface area contributed by atoms with Gasteiger partial charge in [-0.15, -0.1) is 24.0 Å². The molecule has 6 nitrogen and oxygen atoms in total. The van der Waals surface area contributed by atoms with Crippen molar-refractivity contribution in [3.8, 4) is 0 Å². The van der Waals surface area contributed by atoms with Gasteiger partial charge in [0, 0.05) is 38.6 Å². The highest BCUT2D eigenvalue weighted by atomic mass is 127. The number of rotatable bonds is 6. The van der Waals surface area contributed by atoms with E-state index in [2.05, 4.69) is 27.8 Å². The van der Waals surface area contributed by atoms with E-state index in [4.69, 9.17) is 0 Å². The highest BCUT2D eigenvalue weighted by Crippen LogP contribution is 2.34. The van der Waals surface area contributed by atoms with Crippen molar-refractivity contribution in [1.82, 2.24) is 14.9 Å². The SMILES string of the molecule is CCNC(=NCC1CCN(S(=O)(=O)C(F)(F)F)CC1)NCC1Cc2ccccc21.I. The Labute approximate surface area is 192 Å². The average molecular weight is 560 g/mol. The lowest BCUT2D eigenvalue weighted by Crippen LogP contribution is -2.45. The summed E-state index contributed by atoms with van der Waals surface area (Å²) in [4.78, 5) is 4.56. The molecule has 3 rings (SSSR count). The fourth-order valence-corrected chi connectivity index (χ4v) is 4.79. The first-order valence-electron chi connectivity index (χ1n) is 9.88. The summed E-state index contributed by atoms with van der Waals surface area (Å²) in [6.45, 7) is 3.66. The smallest absolute Gasteiger partial charge is 0.357 e. The molecule has 1 aromatic rings. The Kier molecular flexibility index (Phi) is 8.80. The normalized spacial score (nSPS) is 20.7. The Bertz CT molecular complexity index is 840. The predicted octanol–water partition coefficient (Wildman–Crippen LogP) is 3.06. The molecule has 0 amide bonds. The molecule has 0 bridgehead atoms. The van der Waals surface area contributed by atoms with E-state index in [0.717, 1.165) is 13.0 Å². The van der Waals surface area contributed by atoms with Gasteiger partial charge in [0.1, 0.15) is 0 Å². The number of benzene rings is 1. The first kappa shape index (κ1) is 25.2. The van der Waals surface area contributed by atoms with Gasteiger partial charge in [0.05, 0.1) is 0 Å². The quantitative estimate of drug-likeness (QED) is 0.319. The second kappa shape index (κ2) is 10.5. The monoisotopic (exact) mass is 560 g/mol. The number of guanidine groups is 1. The van der Waals surface area contributed by atoms with Crippen molar-refractivity contribution in [1.29, 1.82) is 0 Å². The molecule has 0 radical (unpaired) electrons. The maximum absolute atomic E-state index is 12.7. The van der Waals surface area contributed by atoms with Gasteiger partial charge in [-0.3, -0.25) is 4.99 Å². The van der Waals surface area contributed by atoms with Crippen molar-refractivity contribution in [2.75, 3.05) is 32.7 Å². The van der Waals surface area contributed by atoms with E-state index >= 15 is 0 Å². The van der Waals surface area contributed by atoms with E-state index in [1.165, 1.54) is 11.1 Å². The van der Waals surface area contributed by atoms with E-state index in [9.17, 15) is 21.6 Å². The topological polar surface area (TPSA) is 73.8 Å². The highest BCUT2D eigenvalue weighted by Gasteiger charge is 2.50. The van der Waals surface area contributed by atoms with Gasteiger partial charge in [0.2, 0.25) is 0 Å². The van der Waals surface area contributed by atoms with Crippen LogP contribution in [0.2, 0.25) is 0 Å². The van der Waals surface area contributed by atoms with Crippen molar-refractivity contribution < 1.29 is 21.6 Å². The first-order chi connectivity index (χ1) is 13.7. The zero-order valence-corrected chi connectivity index (χ0v) is 19.9. The van der Waals surface area contributed by atoms with E-state index in [1.54, 1.807) is 0 Å². The summed E-state index contributed by atoms with van der Waals surface area (Å²) in [5.41, 5.74) is -2.50. The first-order valence-corrected chi connectivity index (χ1v) is 11.3. The number of alkyl halides is 3. The summed E-state index contributed by atoms with van der Waals surface area (Å²) in [6, 6.07) is 8.35. The Morgan fingerprint density at radius 1 is 1.20 bits per heavy atom. The molecule has 1 saturated heterocycles. The van der Waals surface area contributed by atoms with Crippen LogP contribution in [0.5, 0.6) is 0 Å². The Balaban J connectivity index is 0.00000320. The van der Waals surface area contributed by atoms with E-state index in [1.807, 2.05) is 19.1 Å². The number of aliphatic imine (C=N–C) groups is 1. The number of nitrogens with one attached hydrogen (secondary N) is 2. The Morgan fingerprint density at radius 3 is 2.47 bits per heavy atom. The molecule has 0 aromatic heterocycles. The molecule has 1 aliphatic heterocycles. The van der Waals surface area contributed by atoms with Crippen LogP contribution in [-0.4, -0.2) is 56.9 Å². The molecule has 1 aromatic carbocycles. The molecule has 2 aliphatic rings. The molecule has 1 fully saturated rings. The van der Waals surface area contributed by atoms with Crippen molar-refractivity contribution in [3.05, 3.63) is 35.4 Å². The van der Waals surface area contributed by atoms with Gasteiger partial charge < -0.3 is 10.6 Å². The summed E-state index contributed by atoms with van der Waals surface area (Å²) in [5.74, 6) is 1.20. The maximum atomic E-state index is 12.7. The van der Waals surface area contributed by atoms with Crippen molar-refractivity contribution in [2.45, 2.75) is 37.6 Å². The number of hydrogen-bond donors (Lipinski definition) is 2. The lowest BCUT2D eigenvalue weighted by atomic mass is 9.78. The van der Waals surface area contributed by atoms with Crippen LogP contribution in [0.1, 0.15) is 36.8 Å². The summed E-state index contributed by atoms with van der Waals surface area (Å²) in [6.07, 6.45) is 1.77. The van der Waals surface area contributed by atoms with Gasteiger partial charge in [-0.05, 0) is 43.2 Å². The molecule has 170 valence electrons. The molecule has 1 unspecified atom stereocenters. The van der Waals surface area contributed by atoms with E-state index < -0.39 is 15.5 Å². The van der Waals surface area contributed by atoms with Crippen molar-refractivity contribution in [2.24, 2.45) is 10.9 Å². The van der Waals surface area contributed by atoms with Gasteiger partial charge in [-0.1, -0.05) is 24.3 Å².